The van der Waals surface area contributed by atoms with Gasteiger partial charge in [-0.15, -0.1) is 0 Å². The maximum Gasteiger partial charge on any atom is 0.433 e. The molecule has 0 aliphatic heterocycles. The molecule has 0 radical (unpaired) electrons. The van der Waals surface area contributed by atoms with Crippen molar-refractivity contribution in [2.45, 2.75) is 11.1 Å². The molecule has 102 valence electrons. The lowest BCUT2D eigenvalue weighted by Crippen LogP contribution is -2.07. The summed E-state index contributed by atoms with van der Waals surface area (Å²) in [4.78, 5) is 0.0494. The van der Waals surface area contributed by atoms with Crippen LogP contribution in [-0.4, -0.2) is 24.9 Å². The molecule has 0 unspecified atom stereocenters. The first-order valence-corrected chi connectivity index (χ1v) is 7.00. The van der Waals surface area contributed by atoms with Gasteiger partial charge in [-0.2, -0.15) is 18.3 Å². The zero-order chi connectivity index (χ0) is 14.3. The number of H-pyrrole nitrogens is 1. The van der Waals surface area contributed by atoms with Gasteiger partial charge in [0.2, 0.25) is 0 Å². The number of sulfone groups is 1. The third-order valence-electron chi connectivity index (χ3n) is 2.52. The number of hydrogen-bond donors (Lipinski definition) is 1. The van der Waals surface area contributed by atoms with E-state index in [-0.39, 0.29) is 16.0 Å². The van der Waals surface area contributed by atoms with Gasteiger partial charge in [-0.3, -0.25) is 5.10 Å². The molecule has 8 heteroatoms. The predicted octanol–water partition coefficient (Wildman–Crippen LogP) is 2.50. The average molecular weight is 290 g/mol. The highest BCUT2D eigenvalue weighted by Gasteiger charge is 2.35. The highest BCUT2D eigenvalue weighted by Crippen LogP contribution is 2.35. The predicted molar refractivity (Wildman–Crippen MR) is 62.1 cm³/mol. The summed E-state index contributed by atoms with van der Waals surface area (Å²) in [6.45, 7) is 0. The molecule has 0 amide bonds. The van der Waals surface area contributed by atoms with Crippen LogP contribution < -0.4 is 0 Å². The van der Waals surface area contributed by atoms with Gasteiger partial charge in [0.15, 0.2) is 9.84 Å². The molecular weight excluding hydrogens is 281 g/mol. The smallest absolute Gasteiger partial charge is 0.273 e. The van der Waals surface area contributed by atoms with E-state index < -0.39 is 21.7 Å². The second-order valence-electron chi connectivity index (χ2n) is 3.95. The van der Waals surface area contributed by atoms with Crippen molar-refractivity contribution in [3.63, 3.8) is 0 Å². The van der Waals surface area contributed by atoms with Crippen molar-refractivity contribution in [1.82, 2.24) is 10.2 Å². The molecule has 2 rings (SSSR count). The van der Waals surface area contributed by atoms with Crippen molar-refractivity contribution in [3.8, 4) is 11.1 Å². The van der Waals surface area contributed by atoms with Crippen LogP contribution in [0.5, 0.6) is 0 Å². The normalized spacial score (nSPS) is 12.6. The Balaban J connectivity index is 2.47. The number of alkyl halides is 3. The van der Waals surface area contributed by atoms with Gasteiger partial charge in [0.25, 0.3) is 0 Å². The van der Waals surface area contributed by atoms with Crippen LogP contribution in [-0.2, 0) is 16.0 Å². The Morgan fingerprint density at radius 1 is 1.16 bits per heavy atom. The van der Waals surface area contributed by atoms with Crippen LogP contribution in [0.15, 0.2) is 35.4 Å². The van der Waals surface area contributed by atoms with Crippen LogP contribution in [0.25, 0.3) is 11.1 Å². The molecule has 19 heavy (non-hydrogen) atoms. The molecule has 0 saturated carbocycles. The third kappa shape index (κ3) is 2.78. The Labute approximate surface area is 107 Å². The fraction of sp³-hybridized carbons (Fsp3) is 0.182. The summed E-state index contributed by atoms with van der Waals surface area (Å²) in [6, 6.07) is 5.16. The summed E-state index contributed by atoms with van der Waals surface area (Å²) in [5.41, 5.74) is -0.833. The first-order valence-electron chi connectivity index (χ1n) is 5.10. The van der Waals surface area contributed by atoms with E-state index in [2.05, 4.69) is 5.10 Å². The zero-order valence-corrected chi connectivity index (χ0v) is 10.5. The third-order valence-corrected chi connectivity index (χ3v) is 3.64. The van der Waals surface area contributed by atoms with Crippen LogP contribution in [0.3, 0.4) is 0 Å². The van der Waals surface area contributed by atoms with E-state index >= 15 is 0 Å². The van der Waals surface area contributed by atoms with E-state index in [1.54, 1.807) is 0 Å². The largest absolute Gasteiger partial charge is 0.433 e. The van der Waals surface area contributed by atoms with Crippen molar-refractivity contribution in [1.29, 1.82) is 0 Å². The lowest BCUT2D eigenvalue weighted by molar-refractivity contribution is -0.140. The van der Waals surface area contributed by atoms with E-state index in [0.29, 0.717) is 0 Å². The minimum absolute atomic E-state index is 0.0494. The summed E-state index contributed by atoms with van der Waals surface area (Å²) < 4.78 is 60.5. The van der Waals surface area contributed by atoms with Gasteiger partial charge < -0.3 is 0 Å². The minimum Gasteiger partial charge on any atom is -0.273 e. The lowest BCUT2D eigenvalue weighted by Gasteiger charge is -2.07. The van der Waals surface area contributed by atoms with Gasteiger partial charge in [0.05, 0.1) is 11.1 Å². The molecule has 1 heterocycles. The molecule has 0 saturated heterocycles. The molecule has 1 aromatic carbocycles. The van der Waals surface area contributed by atoms with Crippen LogP contribution in [0.4, 0.5) is 13.2 Å². The van der Waals surface area contributed by atoms with Gasteiger partial charge in [-0.25, -0.2) is 8.42 Å². The number of nitrogens with zero attached hydrogens (tertiary/aromatic N) is 1. The molecule has 0 atom stereocenters. The van der Waals surface area contributed by atoms with Gasteiger partial charge >= 0.3 is 6.18 Å². The molecule has 0 spiro atoms. The van der Waals surface area contributed by atoms with Crippen molar-refractivity contribution >= 4 is 9.84 Å². The van der Waals surface area contributed by atoms with E-state index in [1.165, 1.54) is 24.3 Å². The van der Waals surface area contributed by atoms with Gasteiger partial charge in [0, 0.05) is 11.8 Å². The van der Waals surface area contributed by atoms with Crippen LogP contribution >= 0.6 is 0 Å². The van der Waals surface area contributed by atoms with E-state index in [0.717, 1.165) is 12.5 Å². The fourth-order valence-corrected chi connectivity index (χ4v) is 2.23. The molecule has 1 aromatic heterocycles. The lowest BCUT2D eigenvalue weighted by atomic mass is 10.1. The number of halogens is 3. The first kappa shape index (κ1) is 13.6. The van der Waals surface area contributed by atoms with Gasteiger partial charge in [-0.1, -0.05) is 12.1 Å². The summed E-state index contributed by atoms with van der Waals surface area (Å²) in [5, 5.41) is 5.27. The number of benzene rings is 1. The van der Waals surface area contributed by atoms with Crippen molar-refractivity contribution in [2.75, 3.05) is 6.26 Å². The Morgan fingerprint density at radius 2 is 1.74 bits per heavy atom. The quantitative estimate of drug-likeness (QED) is 0.924. The minimum atomic E-state index is -4.54. The van der Waals surface area contributed by atoms with Crippen molar-refractivity contribution in [2.24, 2.45) is 0 Å². The molecule has 4 nitrogen and oxygen atoms in total. The van der Waals surface area contributed by atoms with E-state index in [4.69, 9.17) is 0 Å². The second kappa shape index (κ2) is 4.37. The van der Waals surface area contributed by atoms with E-state index in [9.17, 15) is 21.6 Å². The highest BCUT2D eigenvalue weighted by atomic mass is 32.2. The number of aromatic nitrogens is 2. The molecule has 2 aromatic rings. The van der Waals surface area contributed by atoms with Crippen LogP contribution in [0.2, 0.25) is 0 Å². The maximum atomic E-state index is 12.7. The van der Waals surface area contributed by atoms with Crippen LogP contribution in [0.1, 0.15) is 5.69 Å². The van der Waals surface area contributed by atoms with E-state index in [1.807, 2.05) is 5.10 Å². The molecular formula is C11H9F3N2O2S. The number of nitrogens with one attached hydrogen (secondary N) is 1. The Kier molecular flexibility index (Phi) is 3.13. The SMILES string of the molecule is CS(=O)(=O)c1ccc(-c2cn[nH]c2C(F)(F)F)cc1. The first-order chi connectivity index (χ1) is 8.69. The summed E-state index contributed by atoms with van der Waals surface area (Å²) in [5.74, 6) is 0. The average Bonchev–Trinajstić information content (AvgIpc) is 2.76. The fourth-order valence-electron chi connectivity index (χ4n) is 1.60. The van der Waals surface area contributed by atoms with Crippen molar-refractivity contribution in [3.05, 3.63) is 36.2 Å². The summed E-state index contributed by atoms with van der Waals surface area (Å²) >= 11 is 0. The molecule has 0 bridgehead atoms. The Morgan fingerprint density at radius 3 is 2.21 bits per heavy atom. The van der Waals surface area contributed by atoms with Crippen molar-refractivity contribution < 1.29 is 21.6 Å². The molecule has 0 aliphatic carbocycles. The summed E-state index contributed by atoms with van der Waals surface area (Å²) in [7, 11) is -3.37. The monoisotopic (exact) mass is 290 g/mol. The van der Waals surface area contributed by atoms with Crippen LogP contribution in [0, 0.1) is 0 Å². The molecule has 0 aliphatic rings. The molecule has 1 N–H and O–H groups in total. The Bertz CT molecular complexity index is 687. The Hall–Kier alpha value is -1.83. The number of aromatic amines is 1. The maximum absolute atomic E-state index is 12.7. The standard InChI is InChI=1S/C11H9F3N2O2S/c1-19(17,18)8-4-2-7(3-5-8)9-6-15-16-10(9)11(12,13)14/h2-6H,1H3,(H,15,16). The second-order valence-corrected chi connectivity index (χ2v) is 5.97. The zero-order valence-electron chi connectivity index (χ0n) is 9.69. The molecule has 0 fully saturated rings. The summed E-state index contributed by atoms with van der Waals surface area (Å²) in [6.07, 6.45) is -2.46. The highest BCUT2D eigenvalue weighted by molar-refractivity contribution is 7.90. The van der Waals surface area contributed by atoms with Gasteiger partial charge in [-0.05, 0) is 17.7 Å². The van der Waals surface area contributed by atoms with Gasteiger partial charge in [0.1, 0.15) is 5.69 Å². The topological polar surface area (TPSA) is 62.8 Å². The number of rotatable bonds is 2. The number of hydrogen-bond acceptors (Lipinski definition) is 3.